The molecule has 4 aromatic rings. The smallest absolute Gasteiger partial charge is 0.254 e. The number of nitrogens with zero attached hydrogens (tertiary/aromatic N) is 2. The minimum atomic E-state index is -1.10. The van der Waals surface area contributed by atoms with Gasteiger partial charge in [0.2, 0.25) is 5.91 Å². The first-order chi connectivity index (χ1) is 17.0. The summed E-state index contributed by atoms with van der Waals surface area (Å²) in [7, 11) is 0. The molecule has 2 aliphatic heterocycles. The molecule has 0 radical (unpaired) electrons. The van der Waals surface area contributed by atoms with Gasteiger partial charge < -0.3 is 14.8 Å². The molecule has 176 valence electrons. The Kier molecular flexibility index (Phi) is 5.19. The summed E-state index contributed by atoms with van der Waals surface area (Å²) in [6.45, 7) is 2.89. The van der Waals surface area contributed by atoms with Gasteiger partial charge in [-0.3, -0.25) is 9.59 Å². The van der Waals surface area contributed by atoms with E-state index in [0.717, 1.165) is 33.3 Å². The van der Waals surface area contributed by atoms with Gasteiger partial charge in [0, 0.05) is 34.9 Å². The van der Waals surface area contributed by atoms with Crippen LogP contribution in [0, 0.1) is 0 Å². The Morgan fingerprint density at radius 3 is 2.49 bits per heavy atom. The molecule has 2 atom stereocenters. The number of rotatable bonds is 4. The Labute approximate surface area is 209 Å². The van der Waals surface area contributed by atoms with Crippen molar-refractivity contribution in [2.75, 3.05) is 19.6 Å². The molecule has 2 amide bonds. The highest BCUT2D eigenvalue weighted by molar-refractivity contribution is 6.31. The van der Waals surface area contributed by atoms with Crippen LogP contribution in [0.5, 0.6) is 0 Å². The van der Waals surface area contributed by atoms with Crippen LogP contribution >= 0.6 is 11.6 Å². The van der Waals surface area contributed by atoms with Crippen molar-refractivity contribution in [3.05, 3.63) is 106 Å². The number of fused-ring (bicyclic) bond motifs is 5. The Balaban J connectivity index is 1.47. The molecule has 6 heteroatoms. The number of hydrogen-bond donors (Lipinski definition) is 1. The lowest BCUT2D eigenvalue weighted by molar-refractivity contribution is -0.166. The molecule has 0 unspecified atom stereocenters. The van der Waals surface area contributed by atoms with Crippen molar-refractivity contribution >= 4 is 34.3 Å². The first-order valence-electron chi connectivity index (χ1n) is 12.0. The van der Waals surface area contributed by atoms with Crippen LogP contribution in [0.1, 0.15) is 35.2 Å². The van der Waals surface area contributed by atoms with Crippen LogP contribution in [0.4, 0.5) is 0 Å². The van der Waals surface area contributed by atoms with Crippen LogP contribution in [0.25, 0.3) is 10.9 Å². The molecule has 35 heavy (non-hydrogen) atoms. The van der Waals surface area contributed by atoms with Crippen molar-refractivity contribution in [3.63, 3.8) is 0 Å². The van der Waals surface area contributed by atoms with E-state index < -0.39 is 5.54 Å². The average Bonchev–Trinajstić information content (AvgIpc) is 3.28. The van der Waals surface area contributed by atoms with Crippen LogP contribution in [0.2, 0.25) is 5.02 Å². The van der Waals surface area contributed by atoms with Crippen LogP contribution in [0.3, 0.4) is 0 Å². The number of piperazine rings is 1. The lowest BCUT2D eigenvalue weighted by Gasteiger charge is -2.51. The summed E-state index contributed by atoms with van der Waals surface area (Å²) in [5.74, 6) is -0.212. The molecule has 0 saturated carbocycles. The number of nitrogens with one attached hydrogen (secondary N) is 1. The average molecular weight is 484 g/mol. The zero-order chi connectivity index (χ0) is 24.2. The van der Waals surface area contributed by atoms with Crippen molar-refractivity contribution in [1.29, 1.82) is 0 Å². The number of benzene rings is 3. The van der Waals surface area contributed by atoms with Crippen molar-refractivity contribution in [1.82, 2.24) is 14.8 Å². The quantitative estimate of drug-likeness (QED) is 0.439. The van der Waals surface area contributed by atoms with Crippen molar-refractivity contribution in [2.45, 2.75) is 24.8 Å². The fraction of sp³-hybridized carbons (Fsp3) is 0.241. The molecule has 1 fully saturated rings. The Morgan fingerprint density at radius 2 is 1.69 bits per heavy atom. The van der Waals surface area contributed by atoms with Crippen molar-refractivity contribution in [2.24, 2.45) is 0 Å². The molecule has 1 N–H and O–H groups in total. The Morgan fingerprint density at radius 1 is 0.971 bits per heavy atom. The topological polar surface area (TPSA) is 56.4 Å². The molecular formula is C29H26ClN3O2. The fourth-order valence-corrected chi connectivity index (χ4v) is 6.07. The van der Waals surface area contributed by atoms with E-state index in [1.807, 2.05) is 67.6 Å². The monoisotopic (exact) mass is 483 g/mol. The number of halogens is 1. The highest BCUT2D eigenvalue weighted by Gasteiger charge is 2.56. The number of aromatic amines is 1. The van der Waals surface area contributed by atoms with Gasteiger partial charge in [0.05, 0.1) is 12.2 Å². The van der Waals surface area contributed by atoms with Crippen LogP contribution < -0.4 is 0 Å². The molecular weight excluding hydrogens is 458 g/mol. The predicted molar refractivity (Wildman–Crippen MR) is 137 cm³/mol. The Hall–Kier alpha value is -3.57. The van der Waals surface area contributed by atoms with Crippen molar-refractivity contribution in [3.8, 4) is 0 Å². The number of amides is 2. The zero-order valence-corrected chi connectivity index (χ0v) is 20.3. The second-order valence-electron chi connectivity index (χ2n) is 9.57. The number of para-hydroxylation sites is 1. The van der Waals surface area contributed by atoms with Gasteiger partial charge in [0.15, 0.2) is 5.54 Å². The van der Waals surface area contributed by atoms with E-state index in [1.165, 1.54) is 0 Å². The SMILES string of the molecule is C[C@]12C(=O)N(CCc3ccccc3)CC(=O)N1C[C@H](c1ccccc1Cl)c1c2[nH]c2ccccc12. The second-order valence-corrected chi connectivity index (χ2v) is 9.98. The summed E-state index contributed by atoms with van der Waals surface area (Å²) in [5.41, 5.74) is 3.82. The summed E-state index contributed by atoms with van der Waals surface area (Å²) in [6, 6.07) is 25.9. The predicted octanol–water partition coefficient (Wildman–Crippen LogP) is 5.10. The lowest BCUT2D eigenvalue weighted by atomic mass is 9.76. The largest absolute Gasteiger partial charge is 0.356 e. The van der Waals surface area contributed by atoms with E-state index in [9.17, 15) is 9.59 Å². The van der Waals surface area contributed by atoms with E-state index in [1.54, 1.807) is 9.80 Å². The van der Waals surface area contributed by atoms with E-state index >= 15 is 0 Å². The maximum atomic E-state index is 14.1. The number of carbonyl (C=O) groups excluding carboxylic acids is 2. The summed E-state index contributed by atoms with van der Waals surface area (Å²) >= 11 is 6.65. The third kappa shape index (κ3) is 3.37. The molecule has 0 spiro atoms. The molecule has 0 bridgehead atoms. The summed E-state index contributed by atoms with van der Waals surface area (Å²) in [4.78, 5) is 34.7. The first kappa shape index (κ1) is 21.9. The van der Waals surface area contributed by atoms with Gasteiger partial charge in [-0.25, -0.2) is 0 Å². The van der Waals surface area contributed by atoms with E-state index in [2.05, 4.69) is 23.2 Å². The standard InChI is InChI=1S/C29H26ClN3O2/c1-29-27-26(21-12-6-8-14-24(21)31-27)22(20-11-5-7-13-23(20)30)17-33(29)25(34)18-32(28(29)35)16-15-19-9-3-2-4-10-19/h2-14,22,31H,15-18H2,1H3/t22-,29+/m1/s1. The molecule has 5 nitrogen and oxygen atoms in total. The van der Waals surface area contributed by atoms with E-state index in [0.29, 0.717) is 24.5 Å². The zero-order valence-electron chi connectivity index (χ0n) is 19.5. The Bertz CT molecular complexity index is 1450. The van der Waals surface area contributed by atoms with Gasteiger partial charge in [0.1, 0.15) is 0 Å². The highest BCUT2D eigenvalue weighted by Crippen LogP contribution is 2.49. The minimum Gasteiger partial charge on any atom is -0.356 e. The minimum absolute atomic E-state index is 0.0403. The lowest BCUT2D eigenvalue weighted by Crippen LogP contribution is -2.67. The molecule has 1 aromatic heterocycles. The number of hydrogen-bond acceptors (Lipinski definition) is 2. The summed E-state index contributed by atoms with van der Waals surface area (Å²) in [6.07, 6.45) is 0.706. The number of aromatic nitrogens is 1. The van der Waals surface area contributed by atoms with Gasteiger partial charge in [-0.05, 0) is 42.2 Å². The molecule has 3 aromatic carbocycles. The third-order valence-electron chi connectivity index (χ3n) is 7.61. The van der Waals surface area contributed by atoms with Gasteiger partial charge in [0.25, 0.3) is 5.91 Å². The van der Waals surface area contributed by atoms with Crippen molar-refractivity contribution < 1.29 is 9.59 Å². The maximum absolute atomic E-state index is 14.1. The summed E-state index contributed by atoms with van der Waals surface area (Å²) < 4.78 is 0. The fourth-order valence-electron chi connectivity index (χ4n) is 5.80. The van der Waals surface area contributed by atoms with Crippen LogP contribution in [-0.2, 0) is 21.5 Å². The van der Waals surface area contributed by atoms with E-state index in [4.69, 9.17) is 11.6 Å². The molecule has 2 aliphatic rings. The molecule has 1 saturated heterocycles. The van der Waals surface area contributed by atoms with Crippen LogP contribution in [-0.4, -0.2) is 46.2 Å². The molecule has 0 aliphatic carbocycles. The summed E-state index contributed by atoms with van der Waals surface area (Å²) in [5, 5.41) is 1.73. The van der Waals surface area contributed by atoms with Gasteiger partial charge >= 0.3 is 0 Å². The van der Waals surface area contributed by atoms with E-state index in [-0.39, 0.29) is 24.3 Å². The van der Waals surface area contributed by atoms with Gasteiger partial charge in [-0.1, -0.05) is 78.3 Å². The first-order valence-corrected chi connectivity index (χ1v) is 12.4. The third-order valence-corrected chi connectivity index (χ3v) is 7.96. The number of carbonyl (C=O) groups is 2. The van der Waals surface area contributed by atoms with Gasteiger partial charge in [-0.15, -0.1) is 0 Å². The molecule has 6 rings (SSSR count). The normalized spacial score (nSPS) is 21.8. The highest BCUT2D eigenvalue weighted by atomic mass is 35.5. The second kappa shape index (κ2) is 8.28. The maximum Gasteiger partial charge on any atom is 0.254 e. The van der Waals surface area contributed by atoms with Gasteiger partial charge in [-0.2, -0.15) is 0 Å². The molecule has 3 heterocycles. The van der Waals surface area contributed by atoms with Crippen LogP contribution in [0.15, 0.2) is 78.9 Å². The number of H-pyrrole nitrogens is 1.